The number of rotatable bonds is 6. The first-order chi connectivity index (χ1) is 11.9. The Morgan fingerprint density at radius 1 is 1.24 bits per heavy atom. The standard InChI is InChI=1S/C19H28ClN3O2/c1-14(19(25)23(3)17-7-5-4-6-8-17)22(2)13-18(24)21-16-11-9-15(20)10-12-16/h9-12,14,17H,4-8,13H2,1-3H3,(H,21,24)/p+1/t14-/m1/s1. The van der Waals surface area contributed by atoms with Crippen molar-refractivity contribution in [2.75, 3.05) is 26.0 Å². The number of anilines is 1. The lowest BCUT2D eigenvalue weighted by Gasteiger charge is -2.33. The Kier molecular flexibility index (Phi) is 7.26. The molecule has 2 atom stereocenters. The molecule has 0 heterocycles. The highest BCUT2D eigenvalue weighted by molar-refractivity contribution is 6.30. The van der Waals surface area contributed by atoms with Gasteiger partial charge < -0.3 is 15.1 Å². The number of hydrogen-bond acceptors (Lipinski definition) is 2. The molecule has 138 valence electrons. The maximum Gasteiger partial charge on any atom is 0.280 e. The topological polar surface area (TPSA) is 53.9 Å². The number of amides is 2. The summed E-state index contributed by atoms with van der Waals surface area (Å²) < 4.78 is 0. The van der Waals surface area contributed by atoms with Crippen molar-refractivity contribution in [3.63, 3.8) is 0 Å². The van der Waals surface area contributed by atoms with Crippen LogP contribution < -0.4 is 10.2 Å². The minimum atomic E-state index is -0.247. The Bertz CT molecular complexity index is 585. The van der Waals surface area contributed by atoms with Gasteiger partial charge in [0.15, 0.2) is 12.6 Å². The molecule has 0 spiro atoms. The summed E-state index contributed by atoms with van der Waals surface area (Å²) >= 11 is 5.84. The molecule has 0 saturated heterocycles. The number of halogens is 1. The zero-order valence-corrected chi connectivity index (χ0v) is 16.1. The van der Waals surface area contributed by atoms with Crippen LogP contribution in [-0.4, -0.2) is 49.4 Å². The molecule has 25 heavy (non-hydrogen) atoms. The van der Waals surface area contributed by atoms with Gasteiger partial charge >= 0.3 is 0 Å². The van der Waals surface area contributed by atoms with Crippen LogP contribution >= 0.6 is 11.6 Å². The summed E-state index contributed by atoms with van der Waals surface area (Å²) in [6, 6.07) is 7.10. The van der Waals surface area contributed by atoms with Gasteiger partial charge in [-0.05, 0) is 44.0 Å². The monoisotopic (exact) mass is 366 g/mol. The van der Waals surface area contributed by atoms with E-state index in [4.69, 9.17) is 11.6 Å². The summed E-state index contributed by atoms with van der Waals surface area (Å²) in [4.78, 5) is 27.7. The first-order valence-electron chi connectivity index (χ1n) is 9.03. The molecule has 0 radical (unpaired) electrons. The van der Waals surface area contributed by atoms with Crippen molar-refractivity contribution < 1.29 is 14.5 Å². The third-order valence-corrected chi connectivity index (χ3v) is 5.40. The first-order valence-corrected chi connectivity index (χ1v) is 9.40. The van der Waals surface area contributed by atoms with Gasteiger partial charge in [-0.15, -0.1) is 0 Å². The highest BCUT2D eigenvalue weighted by Gasteiger charge is 2.30. The van der Waals surface area contributed by atoms with Crippen LogP contribution in [0.2, 0.25) is 5.02 Å². The number of nitrogens with zero attached hydrogens (tertiary/aromatic N) is 1. The smallest absolute Gasteiger partial charge is 0.280 e. The summed E-state index contributed by atoms with van der Waals surface area (Å²) in [5, 5.41) is 3.47. The Morgan fingerprint density at radius 3 is 2.44 bits per heavy atom. The minimum absolute atomic E-state index is 0.111. The van der Waals surface area contributed by atoms with Crippen molar-refractivity contribution in [3.8, 4) is 0 Å². The largest absolute Gasteiger partial charge is 0.338 e. The fraction of sp³-hybridized carbons (Fsp3) is 0.579. The SMILES string of the molecule is C[C@H](C(=O)N(C)C1CCCCC1)[NH+](C)CC(=O)Nc1ccc(Cl)cc1. The van der Waals surface area contributed by atoms with Gasteiger partial charge in [-0.1, -0.05) is 30.9 Å². The van der Waals surface area contributed by atoms with E-state index in [9.17, 15) is 9.59 Å². The lowest BCUT2D eigenvalue weighted by molar-refractivity contribution is -0.886. The van der Waals surface area contributed by atoms with E-state index in [-0.39, 0.29) is 24.4 Å². The molecule has 1 fully saturated rings. The van der Waals surface area contributed by atoms with Crippen LogP contribution in [0.25, 0.3) is 0 Å². The van der Waals surface area contributed by atoms with E-state index in [0.29, 0.717) is 16.8 Å². The van der Waals surface area contributed by atoms with Crippen LogP contribution in [0.15, 0.2) is 24.3 Å². The fourth-order valence-corrected chi connectivity index (χ4v) is 3.44. The zero-order chi connectivity index (χ0) is 18.4. The number of carbonyl (C=O) groups is 2. The molecule has 1 aromatic carbocycles. The first kappa shape index (κ1) is 19.7. The van der Waals surface area contributed by atoms with Gasteiger partial charge in [-0.25, -0.2) is 0 Å². The summed E-state index contributed by atoms with van der Waals surface area (Å²) in [6.07, 6.45) is 5.84. The molecule has 1 aliphatic carbocycles. The number of hydrogen-bond donors (Lipinski definition) is 2. The zero-order valence-electron chi connectivity index (χ0n) is 15.3. The van der Waals surface area contributed by atoms with Gasteiger partial charge in [0.25, 0.3) is 11.8 Å². The second-order valence-corrected chi connectivity index (χ2v) is 7.48. The minimum Gasteiger partial charge on any atom is -0.338 e. The van der Waals surface area contributed by atoms with Crippen molar-refractivity contribution in [2.45, 2.75) is 51.1 Å². The third-order valence-electron chi connectivity index (χ3n) is 5.15. The number of nitrogens with one attached hydrogen (secondary N) is 2. The van der Waals surface area contributed by atoms with Gasteiger partial charge in [0.05, 0.1) is 7.05 Å². The van der Waals surface area contributed by atoms with Crippen molar-refractivity contribution in [3.05, 3.63) is 29.3 Å². The molecule has 1 unspecified atom stereocenters. The molecule has 1 saturated carbocycles. The maximum absolute atomic E-state index is 12.7. The molecule has 2 rings (SSSR count). The van der Waals surface area contributed by atoms with Crippen LogP contribution in [0, 0.1) is 0 Å². The van der Waals surface area contributed by atoms with Gasteiger partial charge in [0, 0.05) is 23.8 Å². The van der Waals surface area contributed by atoms with Gasteiger partial charge in [0.2, 0.25) is 0 Å². The molecule has 6 heteroatoms. The third kappa shape index (κ3) is 5.72. The molecular weight excluding hydrogens is 338 g/mol. The quantitative estimate of drug-likeness (QED) is 0.808. The van der Waals surface area contributed by atoms with E-state index in [1.165, 1.54) is 19.3 Å². The van der Waals surface area contributed by atoms with E-state index in [1.54, 1.807) is 24.3 Å². The van der Waals surface area contributed by atoms with Crippen molar-refractivity contribution in [1.82, 2.24) is 4.90 Å². The Morgan fingerprint density at radius 2 is 1.84 bits per heavy atom. The van der Waals surface area contributed by atoms with E-state index in [2.05, 4.69) is 5.32 Å². The molecule has 5 nitrogen and oxygen atoms in total. The normalized spacial score (nSPS) is 17.6. The van der Waals surface area contributed by atoms with Gasteiger partial charge in [-0.2, -0.15) is 0 Å². The van der Waals surface area contributed by atoms with E-state index in [0.717, 1.165) is 17.7 Å². The van der Waals surface area contributed by atoms with E-state index < -0.39 is 0 Å². The lowest BCUT2D eigenvalue weighted by Crippen LogP contribution is -3.15. The van der Waals surface area contributed by atoms with Crippen LogP contribution in [0.5, 0.6) is 0 Å². The summed E-state index contributed by atoms with van der Waals surface area (Å²) in [5.74, 6) is 0.00323. The molecule has 2 N–H and O–H groups in total. The fourth-order valence-electron chi connectivity index (χ4n) is 3.31. The molecular formula is C19H29ClN3O2+. The summed E-state index contributed by atoms with van der Waals surface area (Å²) in [6.45, 7) is 2.14. The van der Waals surface area contributed by atoms with Crippen molar-refractivity contribution >= 4 is 29.1 Å². The molecule has 0 aromatic heterocycles. The van der Waals surface area contributed by atoms with Crippen LogP contribution in [0.1, 0.15) is 39.0 Å². The summed E-state index contributed by atoms with van der Waals surface area (Å²) in [7, 11) is 3.79. The molecule has 2 amide bonds. The van der Waals surface area contributed by atoms with Crippen LogP contribution in [-0.2, 0) is 9.59 Å². The predicted molar refractivity (Wildman–Crippen MR) is 101 cm³/mol. The lowest BCUT2D eigenvalue weighted by atomic mass is 9.94. The van der Waals surface area contributed by atoms with Crippen LogP contribution in [0.3, 0.4) is 0 Å². The molecule has 1 aliphatic rings. The number of quaternary nitrogens is 1. The second kappa shape index (κ2) is 9.20. The summed E-state index contributed by atoms with van der Waals surface area (Å²) in [5.41, 5.74) is 0.709. The Labute approximate surface area is 155 Å². The van der Waals surface area contributed by atoms with Gasteiger partial charge in [0.1, 0.15) is 0 Å². The van der Waals surface area contributed by atoms with Crippen molar-refractivity contribution in [2.24, 2.45) is 0 Å². The number of benzene rings is 1. The average Bonchev–Trinajstić information content (AvgIpc) is 2.62. The Hall–Kier alpha value is -1.59. The average molecular weight is 367 g/mol. The number of carbonyl (C=O) groups excluding carboxylic acids is 2. The maximum atomic E-state index is 12.7. The Balaban J connectivity index is 1.85. The number of likely N-dealkylation sites (N-methyl/N-ethyl adjacent to an activating group) is 2. The highest BCUT2D eigenvalue weighted by Crippen LogP contribution is 2.21. The van der Waals surface area contributed by atoms with E-state index >= 15 is 0 Å². The predicted octanol–water partition coefficient (Wildman–Crippen LogP) is 1.97. The highest BCUT2D eigenvalue weighted by atomic mass is 35.5. The van der Waals surface area contributed by atoms with E-state index in [1.807, 2.05) is 25.9 Å². The molecule has 0 bridgehead atoms. The molecule has 0 aliphatic heterocycles. The van der Waals surface area contributed by atoms with Crippen LogP contribution in [0.4, 0.5) is 5.69 Å². The van der Waals surface area contributed by atoms with Crippen molar-refractivity contribution in [1.29, 1.82) is 0 Å². The second-order valence-electron chi connectivity index (χ2n) is 7.04. The van der Waals surface area contributed by atoms with Gasteiger partial charge in [-0.3, -0.25) is 9.59 Å². The molecule has 1 aromatic rings.